The number of aromatic nitrogens is 1. The monoisotopic (exact) mass is 140 g/mol. The van der Waals surface area contributed by atoms with Crippen molar-refractivity contribution < 1.29 is 14.4 Å². The summed E-state index contributed by atoms with van der Waals surface area (Å²) >= 11 is 0. The lowest BCUT2D eigenvalue weighted by Crippen LogP contribution is -2.29. The molecule has 0 aliphatic heterocycles. The highest BCUT2D eigenvalue weighted by Crippen LogP contribution is 2.06. The zero-order valence-corrected chi connectivity index (χ0v) is 6.03. The van der Waals surface area contributed by atoms with Crippen molar-refractivity contribution in [1.82, 2.24) is 0 Å². The minimum atomic E-state index is 0.194. The topological polar surface area (TPSA) is 33.3 Å². The van der Waals surface area contributed by atoms with Crippen LogP contribution in [0, 0.1) is 0 Å². The van der Waals surface area contributed by atoms with Crippen LogP contribution in [0.4, 0.5) is 0 Å². The van der Waals surface area contributed by atoms with Crippen molar-refractivity contribution in [1.29, 1.82) is 0 Å². The number of rotatable bonds is 1. The van der Waals surface area contributed by atoms with Crippen LogP contribution in [0.5, 0.6) is 11.8 Å². The van der Waals surface area contributed by atoms with Gasteiger partial charge in [0.25, 0.3) is 0 Å². The van der Waals surface area contributed by atoms with E-state index in [-0.39, 0.29) is 5.88 Å². The van der Waals surface area contributed by atoms with Crippen molar-refractivity contribution in [3.05, 3.63) is 18.2 Å². The molecule has 0 bridgehead atoms. The minimum Gasteiger partial charge on any atom is -0.460 e. The predicted octanol–water partition coefficient (Wildman–Crippen LogP) is 0.225. The molecule has 1 heterocycles. The van der Waals surface area contributed by atoms with Crippen molar-refractivity contribution >= 4 is 0 Å². The molecule has 0 saturated carbocycles. The molecule has 1 N–H and O–H groups in total. The molecule has 3 nitrogen and oxygen atoms in total. The van der Waals surface area contributed by atoms with E-state index in [4.69, 9.17) is 9.84 Å². The second kappa shape index (κ2) is 2.56. The normalized spacial score (nSPS) is 9.40. The first kappa shape index (κ1) is 6.86. The summed E-state index contributed by atoms with van der Waals surface area (Å²) in [6.45, 7) is 0. The molecule has 0 aliphatic carbocycles. The standard InChI is InChI=1S/C7H9NO2/c1-8-6(9)4-3-5-7(8)10-2/h3-5H,1-2H3/p+1. The van der Waals surface area contributed by atoms with Gasteiger partial charge in [0, 0.05) is 0 Å². The Morgan fingerprint density at radius 3 is 2.70 bits per heavy atom. The number of hydrogen-bond donors (Lipinski definition) is 1. The predicted molar refractivity (Wildman–Crippen MR) is 35.8 cm³/mol. The summed E-state index contributed by atoms with van der Waals surface area (Å²) in [5.41, 5.74) is 0. The van der Waals surface area contributed by atoms with Crippen LogP contribution in [0.15, 0.2) is 18.2 Å². The maximum atomic E-state index is 9.11. The lowest BCUT2D eigenvalue weighted by molar-refractivity contribution is -0.682. The third-order valence-electron chi connectivity index (χ3n) is 1.37. The molecule has 1 aromatic heterocycles. The van der Waals surface area contributed by atoms with Gasteiger partial charge in [0.15, 0.2) is 0 Å². The molecular formula is C7H10NO2+. The van der Waals surface area contributed by atoms with Crippen LogP contribution in [0.2, 0.25) is 0 Å². The van der Waals surface area contributed by atoms with Crippen molar-refractivity contribution in [2.75, 3.05) is 7.11 Å². The number of nitrogens with zero attached hydrogens (tertiary/aromatic N) is 1. The van der Waals surface area contributed by atoms with Crippen LogP contribution in [-0.2, 0) is 7.05 Å². The van der Waals surface area contributed by atoms with Crippen LogP contribution < -0.4 is 9.30 Å². The summed E-state index contributed by atoms with van der Waals surface area (Å²) in [4.78, 5) is 0. The van der Waals surface area contributed by atoms with E-state index >= 15 is 0 Å². The smallest absolute Gasteiger partial charge is 0.370 e. The maximum Gasteiger partial charge on any atom is 0.370 e. The van der Waals surface area contributed by atoms with Gasteiger partial charge in [0.1, 0.15) is 7.05 Å². The molecular weight excluding hydrogens is 130 g/mol. The quantitative estimate of drug-likeness (QED) is 0.566. The number of ether oxygens (including phenoxy) is 1. The molecule has 0 atom stereocenters. The Kier molecular flexibility index (Phi) is 1.76. The van der Waals surface area contributed by atoms with Gasteiger partial charge < -0.3 is 9.84 Å². The summed E-state index contributed by atoms with van der Waals surface area (Å²) in [6.07, 6.45) is 0. The number of pyridine rings is 1. The molecule has 10 heavy (non-hydrogen) atoms. The van der Waals surface area contributed by atoms with Gasteiger partial charge in [-0.05, 0) is 6.07 Å². The highest BCUT2D eigenvalue weighted by molar-refractivity contribution is 5.09. The molecule has 0 spiro atoms. The lowest BCUT2D eigenvalue weighted by atomic mass is 10.4. The summed E-state index contributed by atoms with van der Waals surface area (Å²) in [5.74, 6) is 0.833. The van der Waals surface area contributed by atoms with Crippen LogP contribution in [-0.4, -0.2) is 12.2 Å². The van der Waals surface area contributed by atoms with Gasteiger partial charge in [-0.3, -0.25) is 0 Å². The zero-order chi connectivity index (χ0) is 7.56. The van der Waals surface area contributed by atoms with E-state index in [9.17, 15) is 0 Å². The first-order valence-corrected chi connectivity index (χ1v) is 2.97. The van der Waals surface area contributed by atoms with Crippen molar-refractivity contribution in [3.63, 3.8) is 0 Å². The average molecular weight is 140 g/mol. The molecule has 0 fully saturated rings. The molecule has 0 radical (unpaired) electrons. The Balaban J connectivity index is 3.14. The van der Waals surface area contributed by atoms with Crippen molar-refractivity contribution in [2.45, 2.75) is 0 Å². The first-order valence-electron chi connectivity index (χ1n) is 2.97. The summed E-state index contributed by atoms with van der Waals surface area (Å²) in [6, 6.07) is 5.11. The number of aromatic hydroxyl groups is 1. The molecule has 0 amide bonds. The zero-order valence-electron chi connectivity index (χ0n) is 6.03. The average Bonchev–Trinajstić information content (AvgIpc) is 1.95. The fourth-order valence-corrected chi connectivity index (χ4v) is 0.758. The Labute approximate surface area is 59.5 Å². The van der Waals surface area contributed by atoms with Crippen LogP contribution in [0.25, 0.3) is 0 Å². The van der Waals surface area contributed by atoms with Gasteiger partial charge in [0.2, 0.25) is 0 Å². The van der Waals surface area contributed by atoms with Crippen LogP contribution >= 0.6 is 0 Å². The van der Waals surface area contributed by atoms with Gasteiger partial charge in [-0.2, -0.15) is 0 Å². The molecule has 0 saturated heterocycles. The second-order valence-corrected chi connectivity index (χ2v) is 1.99. The van der Waals surface area contributed by atoms with Crippen molar-refractivity contribution in [2.24, 2.45) is 7.05 Å². The van der Waals surface area contributed by atoms with Crippen LogP contribution in [0.1, 0.15) is 0 Å². The third-order valence-corrected chi connectivity index (χ3v) is 1.37. The van der Waals surface area contributed by atoms with Crippen LogP contribution in [0.3, 0.4) is 0 Å². The number of methoxy groups -OCH3 is 1. The number of hydrogen-bond acceptors (Lipinski definition) is 2. The summed E-state index contributed by atoms with van der Waals surface area (Å²) < 4.78 is 6.48. The van der Waals surface area contributed by atoms with E-state index < -0.39 is 0 Å². The van der Waals surface area contributed by atoms with Gasteiger partial charge in [0.05, 0.1) is 19.2 Å². The van der Waals surface area contributed by atoms with Gasteiger partial charge in [-0.15, -0.1) is 4.57 Å². The first-order chi connectivity index (χ1) is 4.75. The highest BCUT2D eigenvalue weighted by Gasteiger charge is 2.08. The minimum absolute atomic E-state index is 0.194. The van der Waals surface area contributed by atoms with Crippen molar-refractivity contribution in [3.8, 4) is 11.8 Å². The largest absolute Gasteiger partial charge is 0.460 e. The molecule has 0 aliphatic rings. The fourth-order valence-electron chi connectivity index (χ4n) is 0.758. The Morgan fingerprint density at radius 2 is 2.20 bits per heavy atom. The van der Waals surface area contributed by atoms with E-state index in [0.717, 1.165) is 0 Å². The summed E-state index contributed by atoms with van der Waals surface area (Å²) in [5, 5.41) is 9.11. The Hall–Kier alpha value is -1.25. The Morgan fingerprint density at radius 1 is 1.50 bits per heavy atom. The van der Waals surface area contributed by atoms with Gasteiger partial charge in [-0.25, -0.2) is 0 Å². The molecule has 0 aromatic carbocycles. The van der Waals surface area contributed by atoms with E-state index in [1.54, 1.807) is 36.9 Å². The van der Waals surface area contributed by atoms with E-state index in [0.29, 0.717) is 5.88 Å². The van der Waals surface area contributed by atoms with E-state index in [2.05, 4.69) is 0 Å². The molecule has 1 rings (SSSR count). The maximum absolute atomic E-state index is 9.11. The SMILES string of the molecule is COc1cccc(O)[n+]1C. The lowest BCUT2D eigenvalue weighted by Gasteiger charge is -1.96. The molecule has 3 heteroatoms. The molecule has 0 unspecified atom stereocenters. The second-order valence-electron chi connectivity index (χ2n) is 1.99. The molecule has 1 aromatic rings. The molecule has 54 valence electrons. The highest BCUT2D eigenvalue weighted by atomic mass is 16.5. The summed E-state index contributed by atoms with van der Waals surface area (Å²) in [7, 11) is 3.29. The van der Waals surface area contributed by atoms with E-state index in [1.165, 1.54) is 0 Å². The van der Waals surface area contributed by atoms with E-state index in [1.807, 2.05) is 0 Å². The van der Waals surface area contributed by atoms with Gasteiger partial charge in [-0.1, -0.05) is 0 Å². The van der Waals surface area contributed by atoms with Gasteiger partial charge >= 0.3 is 11.8 Å². The third kappa shape index (κ3) is 1.03. The Bertz CT molecular complexity index is 235. The fraction of sp³-hybridized carbons (Fsp3) is 0.286.